The van der Waals surface area contributed by atoms with Crippen LogP contribution >= 0.6 is 0 Å². The largest absolute Gasteiger partial charge is 0.309 e. The minimum atomic E-state index is 0.116. The molecule has 4 heterocycles. The maximum Gasteiger partial charge on any atom is 0.240 e. The fourth-order valence-corrected chi connectivity index (χ4v) is 15.5. The minimum absolute atomic E-state index is 0.116. The number of aromatic nitrogens is 6. The zero-order valence-corrected chi connectivity index (χ0v) is 40.2. The Labute approximate surface area is 421 Å². The second-order valence-electron chi connectivity index (χ2n) is 21.6. The molecule has 0 unspecified atom stereocenters. The number of para-hydroxylation sites is 4. The van der Waals surface area contributed by atoms with E-state index in [1.165, 1.54) is 81.9 Å². The first kappa shape index (κ1) is 40.0. The lowest BCUT2D eigenvalue weighted by molar-refractivity contribution is -0.0399. The Morgan fingerprint density at radius 1 is 0.329 bits per heavy atom. The quantitative estimate of drug-likeness (QED) is 0.173. The molecule has 0 aliphatic heterocycles. The van der Waals surface area contributed by atoms with Gasteiger partial charge in [-0.05, 0) is 150 Å². The van der Waals surface area contributed by atoms with Gasteiger partial charge in [-0.2, -0.15) is 15.0 Å². The van der Waals surface area contributed by atoms with Crippen LogP contribution in [0.15, 0.2) is 206 Å². The summed E-state index contributed by atoms with van der Waals surface area (Å²) in [5.74, 6) is 5.04. The molecule has 0 radical (unpaired) electrons. The Morgan fingerprint density at radius 3 is 1.36 bits per heavy atom. The first-order valence-corrected chi connectivity index (χ1v) is 26.3. The number of hydrogen-bond acceptors (Lipinski definition) is 3. The Kier molecular flexibility index (Phi) is 8.08. The lowest BCUT2D eigenvalue weighted by Crippen LogP contribution is -2.55. The van der Waals surface area contributed by atoms with Crippen LogP contribution < -0.4 is 0 Å². The third-order valence-corrected chi connectivity index (χ3v) is 18.1. The lowest BCUT2D eigenvalue weighted by atomic mass is 9.43. The van der Waals surface area contributed by atoms with Crippen LogP contribution in [0.4, 0.5) is 0 Å². The van der Waals surface area contributed by atoms with Crippen molar-refractivity contribution < 1.29 is 0 Å². The molecule has 6 heteroatoms. The average Bonchev–Trinajstić information content (AvgIpc) is 4.16. The molecule has 5 aliphatic rings. The van der Waals surface area contributed by atoms with Crippen LogP contribution in [0.2, 0.25) is 0 Å². The Bertz CT molecular complexity index is 4390. The number of fused-ring (bicyclic) bond motifs is 12. The van der Waals surface area contributed by atoms with Crippen molar-refractivity contribution in [2.75, 3.05) is 0 Å². The molecule has 4 bridgehead atoms. The predicted molar refractivity (Wildman–Crippen MR) is 297 cm³/mol. The summed E-state index contributed by atoms with van der Waals surface area (Å²) in [6.45, 7) is 0. The third kappa shape index (κ3) is 5.45. The van der Waals surface area contributed by atoms with Gasteiger partial charge in [0.25, 0.3) is 0 Å². The summed E-state index contributed by atoms with van der Waals surface area (Å²) >= 11 is 0. The van der Waals surface area contributed by atoms with Crippen molar-refractivity contribution in [2.24, 2.45) is 23.7 Å². The Hall–Kier alpha value is -8.61. The fourth-order valence-electron chi connectivity index (χ4n) is 15.5. The normalized spacial score (nSPS) is 20.7. The van der Waals surface area contributed by atoms with Gasteiger partial charge in [0.1, 0.15) is 0 Å². The van der Waals surface area contributed by atoms with Gasteiger partial charge in [0.2, 0.25) is 11.9 Å². The van der Waals surface area contributed by atoms with Gasteiger partial charge in [-0.25, -0.2) is 0 Å². The van der Waals surface area contributed by atoms with Crippen LogP contribution in [0, 0.1) is 23.7 Å². The van der Waals surface area contributed by atoms with E-state index in [-0.39, 0.29) is 5.41 Å². The highest BCUT2D eigenvalue weighted by atomic mass is 15.3. The molecule has 0 amide bonds. The van der Waals surface area contributed by atoms with E-state index in [1.54, 1.807) is 11.1 Å². The van der Waals surface area contributed by atoms with Gasteiger partial charge in [0.15, 0.2) is 5.82 Å². The van der Waals surface area contributed by atoms with Crippen LogP contribution in [0.5, 0.6) is 0 Å². The second kappa shape index (κ2) is 14.7. The van der Waals surface area contributed by atoms with Gasteiger partial charge in [0, 0.05) is 49.0 Å². The third-order valence-electron chi connectivity index (χ3n) is 18.1. The van der Waals surface area contributed by atoms with E-state index in [0.717, 1.165) is 72.8 Å². The van der Waals surface area contributed by atoms with Gasteiger partial charge in [0.05, 0.1) is 33.1 Å². The maximum absolute atomic E-state index is 5.39. The van der Waals surface area contributed by atoms with Gasteiger partial charge >= 0.3 is 0 Å². The van der Waals surface area contributed by atoms with Gasteiger partial charge in [-0.3, -0.25) is 9.13 Å². The molecule has 73 heavy (non-hydrogen) atoms. The molecule has 6 nitrogen and oxygen atoms in total. The summed E-state index contributed by atoms with van der Waals surface area (Å²) in [4.78, 5) is 15.9. The van der Waals surface area contributed by atoms with Crippen LogP contribution in [-0.2, 0) is 5.41 Å². The summed E-state index contributed by atoms with van der Waals surface area (Å²) in [7, 11) is 0. The lowest BCUT2D eigenvalue weighted by Gasteiger charge is -2.61. The molecule has 5 aliphatic carbocycles. The average molecular weight is 937 g/mol. The van der Waals surface area contributed by atoms with E-state index in [9.17, 15) is 0 Å². The number of hydrogen-bond donors (Lipinski definition) is 0. The molecular weight excluding hydrogens is 889 g/mol. The molecule has 0 saturated heterocycles. The van der Waals surface area contributed by atoms with E-state index in [4.69, 9.17) is 15.0 Å². The summed E-state index contributed by atoms with van der Waals surface area (Å²) in [5, 5.41) is 7.15. The second-order valence-corrected chi connectivity index (χ2v) is 21.6. The SMILES string of the molecule is c1ccc(-c2nc(-n3c4ccccc4c4ccccc43)nc(-n3c4ccccc4c4cc(-c5ccc6c(c5)c5ccccc5n6-c5ccc6c(c5)C5(c7ccccc7-6)C6CC7CC(C6)CC5C7)ccc43)n2)cc1. The molecule has 9 aromatic carbocycles. The highest BCUT2D eigenvalue weighted by Gasteiger charge is 2.61. The van der Waals surface area contributed by atoms with Crippen molar-refractivity contribution in [2.45, 2.75) is 37.5 Å². The smallest absolute Gasteiger partial charge is 0.240 e. The van der Waals surface area contributed by atoms with Crippen LogP contribution in [-0.4, -0.2) is 28.7 Å². The van der Waals surface area contributed by atoms with E-state index >= 15 is 0 Å². The van der Waals surface area contributed by atoms with Crippen molar-refractivity contribution >= 4 is 65.4 Å². The van der Waals surface area contributed by atoms with Crippen LogP contribution in [0.25, 0.3) is 117 Å². The standard InChI is InChI=1S/C67H48N6/c1-2-14-42(15-3-1)64-68-65(72-59-23-11-5-17-50(59)51-18-6-12-24-60(51)72)70-66(69-64)73-61-25-13-8-20-53(61)55-38-44(27-31-63(55)73)43-26-30-62-54(37-43)52-19-7-10-22-58(52)71(62)47-28-29-49-48-16-4-9-21-56(48)67(57(49)39-47)45-33-40-32-41(35-45)36-46(67)34-40/h1-31,37-41,45-46H,32-36H2. The first-order chi connectivity index (χ1) is 36.2. The van der Waals surface area contributed by atoms with Crippen molar-refractivity contribution in [3.05, 3.63) is 217 Å². The van der Waals surface area contributed by atoms with E-state index in [0.29, 0.717) is 17.7 Å². The highest BCUT2D eigenvalue weighted by Crippen LogP contribution is 2.69. The predicted octanol–water partition coefficient (Wildman–Crippen LogP) is 16.2. The summed E-state index contributed by atoms with van der Waals surface area (Å²) in [5.41, 5.74) is 17.5. The van der Waals surface area contributed by atoms with Gasteiger partial charge < -0.3 is 4.57 Å². The fraction of sp³-hybridized carbons (Fsp3) is 0.149. The monoisotopic (exact) mass is 936 g/mol. The zero-order valence-electron chi connectivity index (χ0n) is 40.2. The minimum Gasteiger partial charge on any atom is -0.309 e. The molecule has 13 aromatic rings. The highest BCUT2D eigenvalue weighted by molar-refractivity contribution is 6.13. The Morgan fingerprint density at radius 2 is 0.781 bits per heavy atom. The van der Waals surface area contributed by atoms with Crippen molar-refractivity contribution in [3.63, 3.8) is 0 Å². The molecule has 4 saturated carbocycles. The number of rotatable bonds is 5. The molecule has 18 rings (SSSR count). The molecule has 0 atom stereocenters. The molecular formula is C67H48N6. The van der Waals surface area contributed by atoms with Gasteiger partial charge in [-0.15, -0.1) is 0 Å². The van der Waals surface area contributed by atoms with Crippen molar-refractivity contribution in [1.29, 1.82) is 0 Å². The number of benzene rings is 9. The van der Waals surface area contributed by atoms with Crippen LogP contribution in [0.1, 0.15) is 43.2 Å². The topological polar surface area (TPSA) is 53.5 Å². The molecule has 4 aromatic heterocycles. The molecule has 0 N–H and O–H groups in total. The Balaban J connectivity index is 0.821. The first-order valence-electron chi connectivity index (χ1n) is 26.3. The van der Waals surface area contributed by atoms with E-state index in [2.05, 4.69) is 202 Å². The molecule has 1 spiro atoms. The summed E-state index contributed by atoms with van der Waals surface area (Å²) in [6.07, 6.45) is 6.99. The van der Waals surface area contributed by atoms with E-state index < -0.39 is 0 Å². The number of nitrogens with zero attached hydrogens (tertiary/aromatic N) is 6. The molecule has 4 fully saturated rings. The van der Waals surface area contributed by atoms with Gasteiger partial charge in [-0.1, -0.05) is 146 Å². The zero-order chi connectivity index (χ0) is 47.5. The summed E-state index contributed by atoms with van der Waals surface area (Å²) in [6, 6.07) is 75.9. The maximum atomic E-state index is 5.39. The molecule has 346 valence electrons. The van der Waals surface area contributed by atoms with Crippen LogP contribution in [0.3, 0.4) is 0 Å². The summed E-state index contributed by atoms with van der Waals surface area (Å²) < 4.78 is 6.95. The van der Waals surface area contributed by atoms with Crippen molar-refractivity contribution in [1.82, 2.24) is 28.7 Å². The van der Waals surface area contributed by atoms with Crippen molar-refractivity contribution in [3.8, 4) is 51.2 Å². The van der Waals surface area contributed by atoms with E-state index in [1.807, 2.05) is 18.2 Å².